The van der Waals surface area contributed by atoms with E-state index in [2.05, 4.69) is 32.3 Å². The van der Waals surface area contributed by atoms with Crippen molar-refractivity contribution in [3.05, 3.63) is 29.8 Å². The number of esters is 1. The van der Waals surface area contributed by atoms with Crippen LogP contribution in [0.5, 0.6) is 0 Å². The molecule has 0 heterocycles. The van der Waals surface area contributed by atoms with Crippen LogP contribution in [0, 0.1) is 0 Å². The van der Waals surface area contributed by atoms with Crippen LogP contribution in [0.4, 0.5) is 4.79 Å². The van der Waals surface area contributed by atoms with Gasteiger partial charge in [-0.1, -0.05) is 0 Å². The molecule has 0 bridgehead atoms. The minimum absolute atomic E-state index is 0.367. The van der Waals surface area contributed by atoms with Crippen molar-refractivity contribution < 1.29 is 19.1 Å². The number of carbonyl (C=O) groups is 2. The van der Waals surface area contributed by atoms with E-state index < -0.39 is 42.1 Å². The zero-order chi connectivity index (χ0) is 18.5. The Morgan fingerprint density at radius 1 is 1.12 bits per heavy atom. The Morgan fingerprint density at radius 2 is 1.67 bits per heavy atom. The summed E-state index contributed by atoms with van der Waals surface area (Å²) in [6.07, 6.45) is -0.258. The molecular formula is C18H29NO4Sn. The summed E-state index contributed by atoms with van der Waals surface area (Å²) in [5.41, 5.74) is 0.354. The third-order valence-corrected chi connectivity index (χ3v) is 9.33. The van der Waals surface area contributed by atoms with Crippen molar-refractivity contribution in [3.8, 4) is 0 Å². The number of alkyl carbamates (subject to hydrolysis) is 1. The number of ether oxygens (including phenoxy) is 2. The molecule has 0 aliphatic heterocycles. The van der Waals surface area contributed by atoms with E-state index in [-0.39, 0.29) is 0 Å². The van der Waals surface area contributed by atoms with Gasteiger partial charge < -0.3 is 0 Å². The molecule has 0 spiro atoms. The molecule has 1 rings (SSSR count). The van der Waals surface area contributed by atoms with Crippen LogP contribution in [0.3, 0.4) is 0 Å². The van der Waals surface area contributed by atoms with Crippen LogP contribution >= 0.6 is 0 Å². The molecule has 6 heteroatoms. The first-order chi connectivity index (χ1) is 10.9. The summed E-state index contributed by atoms with van der Waals surface area (Å²) in [6, 6.07) is 7.53. The number of rotatable bonds is 5. The quantitative estimate of drug-likeness (QED) is 0.563. The monoisotopic (exact) mass is 443 g/mol. The minimum atomic E-state index is -2.09. The van der Waals surface area contributed by atoms with E-state index in [4.69, 9.17) is 9.47 Å². The van der Waals surface area contributed by atoms with Crippen LogP contribution in [0.25, 0.3) is 0 Å². The predicted molar refractivity (Wildman–Crippen MR) is 98.3 cm³/mol. The van der Waals surface area contributed by atoms with E-state index in [0.717, 1.165) is 5.56 Å². The Balaban J connectivity index is 2.83. The van der Waals surface area contributed by atoms with Crippen molar-refractivity contribution >= 4 is 34.0 Å². The first-order valence-electron chi connectivity index (χ1n) is 8.09. The number of benzene rings is 1. The third kappa shape index (κ3) is 7.11. The summed E-state index contributed by atoms with van der Waals surface area (Å²) in [6.45, 7) is 5.32. The van der Waals surface area contributed by atoms with Gasteiger partial charge in [0.05, 0.1) is 0 Å². The molecule has 0 radical (unpaired) electrons. The van der Waals surface area contributed by atoms with Crippen molar-refractivity contribution in [2.45, 2.75) is 53.7 Å². The number of nitrogens with one attached hydrogen (secondary N) is 1. The second-order valence-corrected chi connectivity index (χ2v) is 22.4. The molecule has 1 aromatic rings. The molecule has 0 aromatic heterocycles. The Kier molecular flexibility index (Phi) is 7.13. The molecule has 1 amide bonds. The van der Waals surface area contributed by atoms with Gasteiger partial charge in [0.2, 0.25) is 0 Å². The predicted octanol–water partition coefficient (Wildman–Crippen LogP) is 2.84. The van der Waals surface area contributed by atoms with Gasteiger partial charge in [0.25, 0.3) is 0 Å². The molecule has 5 nitrogen and oxygen atoms in total. The summed E-state index contributed by atoms with van der Waals surface area (Å²) in [4.78, 5) is 31.0. The molecule has 0 aliphatic carbocycles. The topological polar surface area (TPSA) is 64.6 Å². The number of amides is 1. The number of hydrogen-bond donors (Lipinski definition) is 1. The molecular weight excluding hydrogens is 413 g/mol. The van der Waals surface area contributed by atoms with Gasteiger partial charge in [0.15, 0.2) is 0 Å². The van der Waals surface area contributed by atoms with Gasteiger partial charge >= 0.3 is 149 Å². The molecule has 0 aliphatic rings. The van der Waals surface area contributed by atoms with Gasteiger partial charge in [-0.25, -0.2) is 0 Å². The van der Waals surface area contributed by atoms with Gasteiger partial charge in [0.1, 0.15) is 0 Å². The van der Waals surface area contributed by atoms with Gasteiger partial charge in [-0.2, -0.15) is 0 Å². The molecule has 0 saturated carbocycles. The fourth-order valence-corrected chi connectivity index (χ4v) is 5.49. The van der Waals surface area contributed by atoms with Crippen molar-refractivity contribution in [2.24, 2.45) is 0 Å². The fraction of sp³-hybridized carbons (Fsp3) is 0.556. The van der Waals surface area contributed by atoms with Crippen LogP contribution in [0.1, 0.15) is 26.3 Å². The van der Waals surface area contributed by atoms with Gasteiger partial charge in [-0.05, 0) is 0 Å². The second-order valence-electron chi connectivity index (χ2n) is 7.87. The Bertz CT molecular complexity index is 570. The van der Waals surface area contributed by atoms with Crippen LogP contribution in [0.15, 0.2) is 24.3 Å². The average Bonchev–Trinajstić information content (AvgIpc) is 2.43. The zero-order valence-electron chi connectivity index (χ0n) is 15.7. The summed E-state index contributed by atoms with van der Waals surface area (Å²) in [5, 5.41) is 2.60. The van der Waals surface area contributed by atoms with Gasteiger partial charge in [0, 0.05) is 0 Å². The van der Waals surface area contributed by atoms with Crippen molar-refractivity contribution in [1.29, 1.82) is 0 Å². The van der Waals surface area contributed by atoms with E-state index in [1.807, 2.05) is 12.1 Å². The molecule has 0 saturated heterocycles. The van der Waals surface area contributed by atoms with Crippen LogP contribution in [-0.2, 0) is 20.7 Å². The first-order valence-corrected chi connectivity index (χ1v) is 18.1. The number of hydrogen-bond acceptors (Lipinski definition) is 4. The van der Waals surface area contributed by atoms with Crippen molar-refractivity contribution in [3.63, 3.8) is 0 Å². The Labute approximate surface area is 149 Å². The van der Waals surface area contributed by atoms with Gasteiger partial charge in [-0.15, -0.1) is 0 Å². The second kappa shape index (κ2) is 8.23. The first kappa shape index (κ1) is 20.8. The number of methoxy groups -OCH3 is 1. The molecule has 0 unspecified atom stereocenters. The maximum absolute atomic E-state index is 12.0. The Morgan fingerprint density at radius 3 is 2.08 bits per heavy atom. The summed E-state index contributed by atoms with van der Waals surface area (Å²) in [7, 11) is 1.31. The molecule has 134 valence electrons. The molecule has 1 aromatic carbocycles. The average molecular weight is 442 g/mol. The SMILES string of the molecule is COC(=O)[C@H](Cc1cc[c]([Sn]([CH3])([CH3])[CH3])cc1)NC(=O)OC(C)(C)C. The van der Waals surface area contributed by atoms with Crippen molar-refractivity contribution in [1.82, 2.24) is 5.32 Å². The Hall–Kier alpha value is -1.24. The van der Waals surface area contributed by atoms with E-state index in [9.17, 15) is 9.59 Å². The van der Waals surface area contributed by atoms with E-state index >= 15 is 0 Å². The van der Waals surface area contributed by atoms with Crippen molar-refractivity contribution in [2.75, 3.05) is 7.11 Å². The van der Waals surface area contributed by atoms with E-state index in [1.54, 1.807) is 20.8 Å². The maximum atomic E-state index is 12.0. The molecule has 1 atom stereocenters. The van der Waals surface area contributed by atoms with E-state index in [1.165, 1.54) is 10.7 Å². The van der Waals surface area contributed by atoms with E-state index in [0.29, 0.717) is 6.42 Å². The van der Waals surface area contributed by atoms with Gasteiger partial charge in [-0.3, -0.25) is 0 Å². The number of carbonyl (C=O) groups excluding carboxylic acids is 2. The molecule has 1 N–H and O–H groups in total. The summed E-state index contributed by atoms with van der Waals surface area (Å²) >= 11 is -2.09. The van der Waals surface area contributed by atoms with Crippen LogP contribution in [0.2, 0.25) is 14.8 Å². The molecule has 0 fully saturated rings. The summed E-state index contributed by atoms with van der Waals surface area (Å²) < 4.78 is 11.4. The third-order valence-electron chi connectivity index (χ3n) is 3.44. The van der Waals surface area contributed by atoms with Crippen LogP contribution in [-0.4, -0.2) is 49.2 Å². The fourth-order valence-electron chi connectivity index (χ4n) is 2.16. The normalized spacial score (nSPS) is 13.1. The zero-order valence-corrected chi connectivity index (χ0v) is 18.6. The molecule has 24 heavy (non-hydrogen) atoms. The standard InChI is InChI=1S/C15H20NO4.3CH3.Sn/c1-15(2,3)20-14(18)16-12(13(17)19-4)10-11-8-6-5-7-9-11;;;;/h6-9,12H,10H2,1-4H3,(H,16,18);3*1H3;/t12-;;;;/m0..../s1. The van der Waals surface area contributed by atoms with Crippen LogP contribution < -0.4 is 8.90 Å². The summed E-state index contributed by atoms with van der Waals surface area (Å²) in [5.74, 6) is -0.486.